The number of likely N-dealkylation sites (N-methyl/N-ethyl adjacent to an activating group) is 1. The number of ether oxygens (including phenoxy) is 1. The molecule has 0 spiro atoms. The number of nitrogens with zero attached hydrogens (tertiary/aromatic N) is 2. The molecule has 1 unspecified atom stereocenters. The van der Waals surface area contributed by atoms with Gasteiger partial charge < -0.3 is 35.5 Å². The van der Waals surface area contributed by atoms with Gasteiger partial charge in [-0.2, -0.15) is 0 Å². The molecule has 5 N–H and O–H groups in total. The number of benzene rings is 2. The lowest BCUT2D eigenvalue weighted by molar-refractivity contribution is -0.129. The predicted octanol–water partition coefficient (Wildman–Crippen LogP) is 4.16. The Balaban J connectivity index is 2.00. The molecule has 0 saturated carbocycles. The highest BCUT2D eigenvalue weighted by molar-refractivity contribution is 7.92. The number of nitrogens with one attached hydrogen (secondary N) is 3. The highest BCUT2D eigenvalue weighted by Gasteiger charge is 2.48. The summed E-state index contributed by atoms with van der Waals surface area (Å²) in [5, 5.41) is 30.3. The van der Waals surface area contributed by atoms with Crippen LogP contribution in [-0.2, 0) is 38.3 Å². The van der Waals surface area contributed by atoms with Crippen molar-refractivity contribution in [1.82, 2.24) is 25.8 Å². The number of aromatic nitrogens is 1. The van der Waals surface area contributed by atoms with Crippen LogP contribution in [0.15, 0.2) is 79.0 Å². The molecule has 0 aliphatic carbocycles. The number of carbonyl (C=O) groups excluding carboxylic acids is 3. The van der Waals surface area contributed by atoms with E-state index in [1.807, 2.05) is 72.8 Å². The van der Waals surface area contributed by atoms with E-state index in [0.717, 1.165) is 27.3 Å². The van der Waals surface area contributed by atoms with E-state index in [1.165, 1.54) is 20.4 Å². The van der Waals surface area contributed by atoms with E-state index in [-0.39, 0.29) is 19.3 Å². The zero-order valence-corrected chi connectivity index (χ0v) is 32.5. The van der Waals surface area contributed by atoms with Gasteiger partial charge >= 0.3 is 12.2 Å². The molecule has 1 heterocycles. The Hall–Kier alpha value is -4.66. The van der Waals surface area contributed by atoms with Crippen LogP contribution in [0, 0.1) is 5.41 Å². The normalized spacial score (nSPS) is 15.1. The molecule has 288 valence electrons. The second kappa shape index (κ2) is 18.9. The lowest BCUT2D eigenvalue weighted by Gasteiger charge is -2.38. The topological polar surface area (TPSA) is 193 Å². The van der Waals surface area contributed by atoms with Gasteiger partial charge in [0.1, 0.15) is 10.8 Å². The Kier molecular flexibility index (Phi) is 15.2. The first kappa shape index (κ1) is 42.8. The summed E-state index contributed by atoms with van der Waals surface area (Å²) in [6.45, 7) is 8.50. The minimum Gasteiger partial charge on any atom is -0.616 e. The Bertz CT molecular complexity index is 1650. The third-order valence-electron chi connectivity index (χ3n) is 9.27. The van der Waals surface area contributed by atoms with Crippen LogP contribution in [-0.4, -0.2) is 104 Å². The van der Waals surface area contributed by atoms with Crippen LogP contribution in [0.3, 0.4) is 0 Å². The summed E-state index contributed by atoms with van der Waals surface area (Å²) in [7, 11) is 2.45. The Morgan fingerprint density at radius 3 is 2.00 bits per heavy atom. The Morgan fingerprint density at radius 1 is 0.868 bits per heavy atom. The molecule has 3 aromatic rings. The number of carboxylic acid groups (broad SMARTS) is 1. The van der Waals surface area contributed by atoms with E-state index < -0.39 is 75.6 Å². The molecule has 0 bridgehead atoms. The van der Waals surface area contributed by atoms with E-state index in [2.05, 4.69) is 20.9 Å². The highest BCUT2D eigenvalue weighted by atomic mass is 32.2. The van der Waals surface area contributed by atoms with Crippen LogP contribution in [0.1, 0.15) is 52.2 Å². The molecule has 2 aromatic carbocycles. The number of amides is 4. The van der Waals surface area contributed by atoms with Crippen molar-refractivity contribution in [2.75, 3.05) is 20.4 Å². The number of carbonyl (C=O) groups is 4. The minimum atomic E-state index is -1.62. The second-order valence-electron chi connectivity index (χ2n) is 14.7. The third-order valence-corrected chi connectivity index (χ3v) is 11.0. The van der Waals surface area contributed by atoms with Gasteiger partial charge in [0.05, 0.1) is 31.2 Å². The minimum absolute atomic E-state index is 0.0386. The van der Waals surface area contributed by atoms with Crippen LogP contribution in [0.5, 0.6) is 0 Å². The molecule has 13 nitrogen and oxygen atoms in total. The molecule has 4 amide bonds. The zero-order valence-electron chi connectivity index (χ0n) is 31.7. The van der Waals surface area contributed by atoms with Gasteiger partial charge in [-0.3, -0.25) is 19.5 Å². The molecular weight excluding hydrogens is 699 g/mol. The van der Waals surface area contributed by atoms with Crippen molar-refractivity contribution in [2.24, 2.45) is 5.41 Å². The van der Waals surface area contributed by atoms with Gasteiger partial charge in [0.2, 0.25) is 11.8 Å². The molecule has 0 radical (unpaired) electrons. The second-order valence-corrected chi connectivity index (χ2v) is 16.7. The summed E-state index contributed by atoms with van der Waals surface area (Å²) >= 11 is -1.62. The summed E-state index contributed by atoms with van der Waals surface area (Å²) in [6, 6.07) is 18.4. The number of methoxy groups -OCH3 is 1. The van der Waals surface area contributed by atoms with Gasteiger partial charge in [0.25, 0.3) is 0 Å². The van der Waals surface area contributed by atoms with Gasteiger partial charge in [-0.05, 0) is 73.0 Å². The zero-order chi connectivity index (χ0) is 39.5. The monoisotopic (exact) mass is 751 g/mol. The first-order valence-corrected chi connectivity index (χ1v) is 18.9. The van der Waals surface area contributed by atoms with Crippen LogP contribution in [0.2, 0.25) is 0 Å². The number of hydrogen-bond acceptors (Lipinski definition) is 8. The maximum Gasteiger partial charge on any atom is 0.407 e. The molecule has 0 aliphatic heterocycles. The summed E-state index contributed by atoms with van der Waals surface area (Å²) in [5.41, 5.74) is 2.61. The quantitative estimate of drug-likeness (QED) is 0.134. The summed E-state index contributed by atoms with van der Waals surface area (Å²) in [5.74, 6) is -1.22. The maximum atomic E-state index is 14.0. The summed E-state index contributed by atoms with van der Waals surface area (Å²) in [4.78, 5) is 57.4. The average molecular weight is 752 g/mol. The molecular formula is C39H53N5O8S. The first-order valence-electron chi connectivity index (χ1n) is 17.3. The fourth-order valence-electron chi connectivity index (χ4n) is 6.05. The van der Waals surface area contributed by atoms with Crippen LogP contribution in [0.4, 0.5) is 9.59 Å². The van der Waals surface area contributed by atoms with Crippen molar-refractivity contribution >= 4 is 35.2 Å². The van der Waals surface area contributed by atoms with Gasteiger partial charge in [-0.1, -0.05) is 81.4 Å². The fraction of sp³-hybridized carbons (Fsp3) is 0.462. The third kappa shape index (κ3) is 12.2. The molecule has 0 saturated heterocycles. The van der Waals surface area contributed by atoms with Crippen molar-refractivity contribution in [3.63, 3.8) is 0 Å². The lowest BCUT2D eigenvalue weighted by Crippen LogP contribution is -2.63. The standard InChI is InChI=1S/C39H53N5O8S/c1-38(2,3)32(43-36(48)52-7)34(46)41-28(22-26-17-19-27(20-18-26)29-16-12-13-21-40-29)24-31(45)30(23-25-14-10-9-11-15-25)42-35(47)33(44(6)37(49)50)39(4,5)53(8)51/h9-21,28,30-33,45H,22-24H2,1-8H3,(H,41,46)(H,42,47)(H,43,48)(H,49,50)/t28-,30-,31-,32+,33+,53?/m0/s1. The van der Waals surface area contributed by atoms with Gasteiger partial charge in [0.15, 0.2) is 6.04 Å². The van der Waals surface area contributed by atoms with Crippen LogP contribution in [0.25, 0.3) is 11.3 Å². The first-order chi connectivity index (χ1) is 24.8. The Morgan fingerprint density at radius 2 is 1.47 bits per heavy atom. The van der Waals surface area contributed by atoms with Crippen LogP contribution < -0.4 is 16.0 Å². The number of alkyl carbamates (subject to hydrolysis) is 1. The van der Waals surface area contributed by atoms with Crippen molar-refractivity contribution in [2.45, 2.75) is 88.9 Å². The number of hydrogen-bond donors (Lipinski definition) is 5. The molecule has 6 atom stereocenters. The van der Waals surface area contributed by atoms with Gasteiger partial charge in [-0.15, -0.1) is 0 Å². The van der Waals surface area contributed by atoms with Crippen molar-refractivity contribution in [1.29, 1.82) is 0 Å². The number of rotatable bonds is 16. The maximum absolute atomic E-state index is 14.0. The van der Waals surface area contributed by atoms with Crippen molar-refractivity contribution in [3.8, 4) is 11.3 Å². The van der Waals surface area contributed by atoms with E-state index >= 15 is 0 Å². The predicted molar refractivity (Wildman–Crippen MR) is 205 cm³/mol. The number of aliphatic hydroxyl groups is 1. The van der Waals surface area contributed by atoms with Gasteiger partial charge in [-0.25, -0.2) is 9.59 Å². The molecule has 0 fully saturated rings. The molecule has 3 rings (SSSR count). The number of pyridine rings is 1. The SMILES string of the molecule is COC(=O)N[C@H](C(=O)N[C@@H](Cc1ccc(-c2ccccn2)cc1)C[C@H](O)[C@H](Cc1ccccc1)NC(=O)[C@@H](N(C)C(=O)O)C(C)(C)[S+](C)[O-])C(C)(C)C. The van der Waals surface area contributed by atoms with Crippen molar-refractivity contribution < 1.29 is 38.7 Å². The van der Waals surface area contributed by atoms with Gasteiger partial charge in [0, 0.05) is 24.8 Å². The smallest absolute Gasteiger partial charge is 0.407 e. The molecule has 0 aliphatic rings. The van der Waals surface area contributed by atoms with Crippen LogP contribution >= 0.6 is 0 Å². The lowest BCUT2D eigenvalue weighted by atomic mass is 9.85. The molecule has 53 heavy (non-hydrogen) atoms. The highest BCUT2D eigenvalue weighted by Crippen LogP contribution is 2.26. The molecule has 1 aromatic heterocycles. The van der Waals surface area contributed by atoms with E-state index in [0.29, 0.717) is 0 Å². The van der Waals surface area contributed by atoms with Crippen molar-refractivity contribution in [3.05, 3.63) is 90.1 Å². The van der Waals surface area contributed by atoms with E-state index in [1.54, 1.807) is 40.8 Å². The Labute approximate surface area is 315 Å². The van der Waals surface area contributed by atoms with E-state index in [4.69, 9.17) is 4.74 Å². The average Bonchev–Trinajstić information content (AvgIpc) is 3.10. The van der Waals surface area contributed by atoms with E-state index in [9.17, 15) is 33.9 Å². The number of aliphatic hydroxyl groups excluding tert-OH is 1. The fourth-order valence-corrected chi connectivity index (χ4v) is 6.63. The largest absolute Gasteiger partial charge is 0.616 e. The summed E-state index contributed by atoms with van der Waals surface area (Å²) < 4.78 is 16.3. The molecule has 14 heteroatoms. The summed E-state index contributed by atoms with van der Waals surface area (Å²) in [6.07, 6.45) is 0.105.